The molecule has 0 aliphatic heterocycles. The summed E-state index contributed by atoms with van der Waals surface area (Å²) in [4.78, 5) is 23.6. The molecule has 1 aromatic carbocycles. The van der Waals surface area contributed by atoms with E-state index in [2.05, 4.69) is 5.32 Å². The fourth-order valence-electron chi connectivity index (χ4n) is 2.29. The maximum absolute atomic E-state index is 13.4. The van der Waals surface area contributed by atoms with Crippen molar-refractivity contribution in [2.75, 3.05) is 0 Å². The highest BCUT2D eigenvalue weighted by Crippen LogP contribution is 2.18. The van der Waals surface area contributed by atoms with Crippen LogP contribution in [0.2, 0.25) is 0 Å². The van der Waals surface area contributed by atoms with Crippen LogP contribution in [0.4, 0.5) is 4.39 Å². The minimum atomic E-state index is -0.928. The maximum atomic E-state index is 13.4. The highest BCUT2D eigenvalue weighted by atomic mass is 19.1. The number of ether oxygens (including phenoxy) is 1. The molecule has 1 N–H and O–H groups in total. The predicted molar refractivity (Wildman–Crippen MR) is 71.7 cm³/mol. The average molecular weight is 279 g/mol. The number of esters is 1. The molecule has 5 heteroatoms. The maximum Gasteiger partial charge on any atom is 0.341 e. The van der Waals surface area contributed by atoms with E-state index >= 15 is 0 Å². The van der Waals surface area contributed by atoms with Crippen molar-refractivity contribution < 1.29 is 18.7 Å². The van der Waals surface area contributed by atoms with Crippen molar-refractivity contribution in [3.05, 3.63) is 35.6 Å². The van der Waals surface area contributed by atoms with Crippen LogP contribution in [0.1, 0.15) is 43.0 Å². The Hall–Kier alpha value is -1.91. The van der Waals surface area contributed by atoms with E-state index in [9.17, 15) is 14.0 Å². The lowest BCUT2D eigenvalue weighted by Crippen LogP contribution is -2.40. The van der Waals surface area contributed by atoms with E-state index in [1.807, 2.05) is 0 Å². The van der Waals surface area contributed by atoms with Crippen LogP contribution in [0, 0.1) is 5.82 Å². The van der Waals surface area contributed by atoms with E-state index in [0.717, 1.165) is 25.7 Å². The molecule has 1 aliphatic rings. The molecular weight excluding hydrogens is 261 g/mol. The van der Waals surface area contributed by atoms with Crippen LogP contribution in [0.25, 0.3) is 0 Å². The summed E-state index contributed by atoms with van der Waals surface area (Å²) in [5, 5.41) is 2.84. The van der Waals surface area contributed by atoms with Crippen molar-refractivity contribution >= 4 is 11.9 Å². The third-order valence-electron chi connectivity index (χ3n) is 3.45. The molecule has 0 radical (unpaired) electrons. The van der Waals surface area contributed by atoms with Crippen LogP contribution in [-0.4, -0.2) is 24.0 Å². The lowest BCUT2D eigenvalue weighted by atomic mass is 10.2. The van der Waals surface area contributed by atoms with Gasteiger partial charge in [0.05, 0.1) is 5.56 Å². The van der Waals surface area contributed by atoms with Gasteiger partial charge in [-0.3, -0.25) is 4.79 Å². The molecule has 1 amide bonds. The van der Waals surface area contributed by atoms with Gasteiger partial charge in [-0.1, -0.05) is 25.0 Å². The van der Waals surface area contributed by atoms with Gasteiger partial charge >= 0.3 is 5.97 Å². The normalized spacial score (nSPS) is 16.7. The van der Waals surface area contributed by atoms with Gasteiger partial charge in [-0.25, -0.2) is 9.18 Å². The molecule has 0 saturated heterocycles. The van der Waals surface area contributed by atoms with Crippen LogP contribution in [-0.2, 0) is 9.53 Å². The summed E-state index contributed by atoms with van der Waals surface area (Å²) < 4.78 is 18.4. The molecule has 1 atom stereocenters. The standard InChI is InChI=1S/C15H18FNO3/c1-10(14(18)17-11-6-2-3-7-11)20-15(19)12-8-4-5-9-13(12)16/h4-5,8-11H,2-3,6-7H2,1H3,(H,17,18)/t10-/m0/s1. The van der Waals surface area contributed by atoms with Gasteiger partial charge in [-0.2, -0.15) is 0 Å². The molecule has 2 rings (SSSR count). The van der Waals surface area contributed by atoms with Crippen LogP contribution in [0.5, 0.6) is 0 Å². The van der Waals surface area contributed by atoms with Crippen molar-refractivity contribution in [1.82, 2.24) is 5.32 Å². The zero-order valence-corrected chi connectivity index (χ0v) is 11.4. The van der Waals surface area contributed by atoms with Crippen molar-refractivity contribution in [2.24, 2.45) is 0 Å². The summed E-state index contributed by atoms with van der Waals surface area (Å²) in [6, 6.07) is 5.71. The van der Waals surface area contributed by atoms with Gasteiger partial charge in [0, 0.05) is 6.04 Å². The number of nitrogens with one attached hydrogen (secondary N) is 1. The Bertz CT molecular complexity index is 498. The third kappa shape index (κ3) is 3.56. The molecule has 108 valence electrons. The summed E-state index contributed by atoms with van der Waals surface area (Å²) in [5.41, 5.74) is -0.159. The van der Waals surface area contributed by atoms with E-state index in [-0.39, 0.29) is 17.5 Å². The van der Waals surface area contributed by atoms with Crippen molar-refractivity contribution in [3.63, 3.8) is 0 Å². The fourth-order valence-corrected chi connectivity index (χ4v) is 2.29. The number of hydrogen-bond acceptors (Lipinski definition) is 3. The average Bonchev–Trinajstić information content (AvgIpc) is 2.91. The lowest BCUT2D eigenvalue weighted by molar-refractivity contribution is -0.129. The van der Waals surface area contributed by atoms with Crippen LogP contribution >= 0.6 is 0 Å². The second-order valence-corrected chi connectivity index (χ2v) is 5.02. The number of benzene rings is 1. The minimum Gasteiger partial charge on any atom is -0.449 e. The molecule has 1 aliphatic carbocycles. The number of halogens is 1. The lowest BCUT2D eigenvalue weighted by Gasteiger charge is -2.17. The molecule has 4 nitrogen and oxygen atoms in total. The Kier molecular flexibility index (Phi) is 4.71. The fraction of sp³-hybridized carbons (Fsp3) is 0.467. The minimum absolute atomic E-state index is 0.159. The molecule has 0 bridgehead atoms. The van der Waals surface area contributed by atoms with Crippen LogP contribution in [0.15, 0.2) is 24.3 Å². The molecule has 0 spiro atoms. The Morgan fingerprint density at radius 1 is 1.30 bits per heavy atom. The topological polar surface area (TPSA) is 55.4 Å². The Morgan fingerprint density at radius 3 is 2.60 bits per heavy atom. The Morgan fingerprint density at radius 2 is 1.95 bits per heavy atom. The molecule has 0 unspecified atom stereocenters. The smallest absolute Gasteiger partial charge is 0.341 e. The number of amides is 1. The largest absolute Gasteiger partial charge is 0.449 e. The van der Waals surface area contributed by atoms with Crippen LogP contribution in [0.3, 0.4) is 0 Å². The summed E-state index contributed by atoms with van der Waals surface area (Å²) in [6.45, 7) is 1.49. The van der Waals surface area contributed by atoms with E-state index in [1.165, 1.54) is 25.1 Å². The Balaban J connectivity index is 1.90. The van der Waals surface area contributed by atoms with Gasteiger partial charge in [-0.15, -0.1) is 0 Å². The summed E-state index contributed by atoms with van der Waals surface area (Å²) in [5.74, 6) is -1.81. The number of rotatable bonds is 4. The SMILES string of the molecule is C[C@H](OC(=O)c1ccccc1F)C(=O)NC1CCCC1. The summed E-state index contributed by atoms with van der Waals surface area (Å²) in [7, 11) is 0. The molecule has 20 heavy (non-hydrogen) atoms. The van der Waals surface area contributed by atoms with Gasteiger partial charge in [0.1, 0.15) is 5.82 Å². The van der Waals surface area contributed by atoms with Crippen LogP contribution < -0.4 is 5.32 Å². The molecule has 0 aromatic heterocycles. The number of hydrogen-bond donors (Lipinski definition) is 1. The van der Waals surface area contributed by atoms with Crippen molar-refractivity contribution in [1.29, 1.82) is 0 Å². The van der Waals surface area contributed by atoms with Gasteiger partial charge in [-0.05, 0) is 31.9 Å². The number of carbonyl (C=O) groups is 2. The van der Waals surface area contributed by atoms with E-state index in [4.69, 9.17) is 4.74 Å². The number of carbonyl (C=O) groups excluding carboxylic acids is 2. The molecule has 1 fully saturated rings. The van der Waals surface area contributed by atoms with E-state index in [0.29, 0.717) is 0 Å². The van der Waals surface area contributed by atoms with Gasteiger partial charge in [0.25, 0.3) is 5.91 Å². The molecule has 1 aromatic rings. The highest BCUT2D eigenvalue weighted by Gasteiger charge is 2.24. The second kappa shape index (κ2) is 6.50. The van der Waals surface area contributed by atoms with Crippen molar-refractivity contribution in [2.45, 2.75) is 44.8 Å². The van der Waals surface area contributed by atoms with E-state index in [1.54, 1.807) is 6.07 Å². The summed E-state index contributed by atoms with van der Waals surface area (Å²) in [6.07, 6.45) is 3.20. The molecular formula is C15H18FNO3. The second-order valence-electron chi connectivity index (χ2n) is 5.02. The van der Waals surface area contributed by atoms with Crippen molar-refractivity contribution in [3.8, 4) is 0 Å². The zero-order chi connectivity index (χ0) is 14.5. The predicted octanol–water partition coefficient (Wildman–Crippen LogP) is 2.43. The first-order chi connectivity index (χ1) is 9.58. The monoisotopic (exact) mass is 279 g/mol. The third-order valence-corrected chi connectivity index (χ3v) is 3.45. The highest BCUT2D eigenvalue weighted by molar-refractivity contribution is 5.92. The first kappa shape index (κ1) is 14.5. The zero-order valence-electron chi connectivity index (χ0n) is 11.4. The molecule has 0 heterocycles. The first-order valence-electron chi connectivity index (χ1n) is 6.84. The van der Waals surface area contributed by atoms with Gasteiger partial charge in [0.15, 0.2) is 6.10 Å². The summed E-state index contributed by atoms with van der Waals surface area (Å²) >= 11 is 0. The van der Waals surface area contributed by atoms with Gasteiger partial charge in [0.2, 0.25) is 0 Å². The van der Waals surface area contributed by atoms with E-state index < -0.39 is 17.9 Å². The molecule has 1 saturated carbocycles. The first-order valence-corrected chi connectivity index (χ1v) is 6.84. The van der Waals surface area contributed by atoms with Gasteiger partial charge < -0.3 is 10.1 Å². The Labute approximate surface area is 117 Å². The quantitative estimate of drug-likeness (QED) is 0.861.